The summed E-state index contributed by atoms with van der Waals surface area (Å²) in [5.74, 6) is 0.590. The molecule has 0 saturated heterocycles. The van der Waals surface area contributed by atoms with E-state index in [1.165, 1.54) is 0 Å². The van der Waals surface area contributed by atoms with Gasteiger partial charge in [-0.2, -0.15) is 0 Å². The third-order valence-electron chi connectivity index (χ3n) is 1.54. The van der Waals surface area contributed by atoms with Crippen LogP contribution in [0.3, 0.4) is 0 Å². The molecule has 2 nitrogen and oxygen atoms in total. The molecule has 0 radical (unpaired) electrons. The predicted octanol–water partition coefficient (Wildman–Crippen LogP) is 0.825. The largest absolute Gasteiger partial charge is 0.326 e. The molecule has 0 aliphatic carbocycles. The fraction of sp³-hybridized carbons (Fsp3) is 1.00. The van der Waals surface area contributed by atoms with Crippen molar-refractivity contribution in [3.05, 3.63) is 0 Å². The van der Waals surface area contributed by atoms with Crippen LogP contribution >= 0.6 is 8.58 Å². The van der Waals surface area contributed by atoms with E-state index in [-0.39, 0.29) is 0 Å². The number of hydrogen-bond donors (Lipinski definition) is 2. The van der Waals surface area contributed by atoms with E-state index in [0.29, 0.717) is 12.0 Å². The van der Waals surface area contributed by atoms with Crippen molar-refractivity contribution in [3.8, 4) is 0 Å². The van der Waals surface area contributed by atoms with Crippen LogP contribution in [0.25, 0.3) is 0 Å². The molecule has 0 rings (SSSR count). The van der Waals surface area contributed by atoms with Crippen molar-refractivity contribution in [2.45, 2.75) is 19.9 Å². The second-order valence-electron chi connectivity index (χ2n) is 2.89. The highest BCUT2D eigenvalue weighted by molar-refractivity contribution is 7.36. The summed E-state index contributed by atoms with van der Waals surface area (Å²) in [5.41, 5.74) is 5.80. The summed E-state index contributed by atoms with van der Waals surface area (Å²) in [7, 11) is 0.984. The minimum absolute atomic E-state index is 0.316. The Morgan fingerprint density at radius 2 is 2.10 bits per heavy atom. The molecular weight excluding hydrogens is 143 g/mol. The zero-order valence-corrected chi connectivity index (χ0v) is 8.15. The summed E-state index contributed by atoms with van der Waals surface area (Å²) in [6, 6.07) is 0.316. The third kappa shape index (κ3) is 5.16. The average molecular weight is 162 g/mol. The molecule has 62 valence electrons. The lowest BCUT2D eigenvalue weighted by molar-refractivity contribution is 0.472. The fourth-order valence-electron chi connectivity index (χ4n) is 0.600. The molecule has 0 aliphatic heterocycles. The molecule has 2 atom stereocenters. The molecule has 3 heteroatoms. The number of nitrogens with two attached hydrogens (primary N) is 1. The molecule has 0 fully saturated rings. The van der Waals surface area contributed by atoms with Gasteiger partial charge in [-0.15, -0.1) is 8.58 Å². The molecule has 0 spiro atoms. The Hall–Kier alpha value is 0.350. The highest BCUT2D eigenvalue weighted by atomic mass is 31.1. The monoisotopic (exact) mass is 162 g/mol. The summed E-state index contributed by atoms with van der Waals surface area (Å²) in [6.07, 6.45) is 1.11. The second-order valence-corrected chi connectivity index (χ2v) is 3.95. The Bertz CT molecular complexity index is 76.0. The summed E-state index contributed by atoms with van der Waals surface area (Å²) >= 11 is 0. The van der Waals surface area contributed by atoms with Crippen LogP contribution in [-0.4, -0.2) is 25.5 Å². The van der Waals surface area contributed by atoms with Crippen LogP contribution in [-0.2, 0) is 0 Å². The molecule has 0 aromatic carbocycles. The van der Waals surface area contributed by atoms with Gasteiger partial charge in [0.1, 0.15) is 0 Å². The fourth-order valence-corrected chi connectivity index (χ4v) is 0.994. The average Bonchev–Trinajstić information content (AvgIpc) is 1.88. The van der Waals surface area contributed by atoms with Gasteiger partial charge in [0.05, 0.1) is 0 Å². The SMILES string of the molecule is CPCNCC(N)C(C)C. The summed E-state index contributed by atoms with van der Waals surface area (Å²) in [4.78, 5) is 0. The quantitative estimate of drug-likeness (QED) is 0.464. The zero-order chi connectivity index (χ0) is 7.98. The van der Waals surface area contributed by atoms with Gasteiger partial charge in [0, 0.05) is 18.9 Å². The van der Waals surface area contributed by atoms with Gasteiger partial charge in [-0.1, -0.05) is 13.8 Å². The van der Waals surface area contributed by atoms with E-state index >= 15 is 0 Å². The molecule has 0 saturated carbocycles. The minimum Gasteiger partial charge on any atom is -0.326 e. The van der Waals surface area contributed by atoms with Gasteiger partial charge in [0.25, 0.3) is 0 Å². The maximum absolute atomic E-state index is 5.80. The van der Waals surface area contributed by atoms with Crippen molar-refractivity contribution < 1.29 is 0 Å². The Balaban J connectivity index is 3.13. The van der Waals surface area contributed by atoms with Crippen LogP contribution in [0, 0.1) is 5.92 Å². The van der Waals surface area contributed by atoms with Gasteiger partial charge < -0.3 is 11.1 Å². The van der Waals surface area contributed by atoms with Crippen molar-refractivity contribution in [2.24, 2.45) is 11.7 Å². The molecule has 10 heavy (non-hydrogen) atoms. The van der Waals surface area contributed by atoms with Crippen molar-refractivity contribution >= 4 is 8.58 Å². The van der Waals surface area contributed by atoms with Crippen molar-refractivity contribution in [1.82, 2.24) is 5.32 Å². The normalized spacial score (nSPS) is 15.3. The van der Waals surface area contributed by atoms with E-state index in [1.54, 1.807) is 0 Å². The number of nitrogens with one attached hydrogen (secondary N) is 1. The smallest absolute Gasteiger partial charge is 0.0188 e. The number of rotatable bonds is 5. The lowest BCUT2D eigenvalue weighted by Gasteiger charge is -2.15. The molecule has 2 unspecified atom stereocenters. The van der Waals surface area contributed by atoms with Crippen LogP contribution in [0.2, 0.25) is 0 Å². The van der Waals surface area contributed by atoms with Gasteiger partial charge in [-0.3, -0.25) is 0 Å². The van der Waals surface area contributed by atoms with E-state index in [0.717, 1.165) is 21.4 Å². The maximum Gasteiger partial charge on any atom is 0.0188 e. The molecule has 0 amide bonds. The molecule has 0 aromatic heterocycles. The minimum atomic E-state index is 0.316. The van der Waals surface area contributed by atoms with Crippen LogP contribution in [0.4, 0.5) is 0 Å². The van der Waals surface area contributed by atoms with E-state index in [1.807, 2.05) is 0 Å². The van der Waals surface area contributed by atoms with Gasteiger partial charge in [-0.05, 0) is 12.6 Å². The van der Waals surface area contributed by atoms with E-state index in [9.17, 15) is 0 Å². The lowest BCUT2D eigenvalue weighted by Crippen LogP contribution is -2.37. The highest BCUT2D eigenvalue weighted by Gasteiger charge is 2.04. The van der Waals surface area contributed by atoms with Gasteiger partial charge in [0.2, 0.25) is 0 Å². The second kappa shape index (κ2) is 6.09. The van der Waals surface area contributed by atoms with Crippen LogP contribution in [0.15, 0.2) is 0 Å². The topological polar surface area (TPSA) is 38.0 Å². The zero-order valence-electron chi connectivity index (χ0n) is 7.15. The molecule has 0 bridgehead atoms. The molecule has 3 N–H and O–H groups in total. The molecule has 0 heterocycles. The van der Waals surface area contributed by atoms with Crippen LogP contribution in [0.1, 0.15) is 13.8 Å². The van der Waals surface area contributed by atoms with Crippen molar-refractivity contribution in [1.29, 1.82) is 0 Å². The summed E-state index contributed by atoms with van der Waals surface area (Å²) < 4.78 is 0. The Morgan fingerprint density at radius 3 is 2.50 bits per heavy atom. The van der Waals surface area contributed by atoms with Crippen molar-refractivity contribution in [3.63, 3.8) is 0 Å². The highest BCUT2D eigenvalue weighted by Crippen LogP contribution is 1.99. The van der Waals surface area contributed by atoms with Gasteiger partial charge >= 0.3 is 0 Å². The molecular formula is C7H19N2P. The molecule has 0 aliphatic rings. The van der Waals surface area contributed by atoms with E-state index in [4.69, 9.17) is 5.73 Å². The Labute approximate surface area is 65.7 Å². The first-order valence-corrected chi connectivity index (χ1v) is 5.50. The molecule has 0 aromatic rings. The van der Waals surface area contributed by atoms with Crippen molar-refractivity contribution in [2.75, 3.05) is 19.5 Å². The van der Waals surface area contributed by atoms with Crippen LogP contribution < -0.4 is 11.1 Å². The predicted molar refractivity (Wildman–Crippen MR) is 49.9 cm³/mol. The Kier molecular flexibility index (Phi) is 6.30. The third-order valence-corrected chi connectivity index (χ3v) is 2.14. The van der Waals surface area contributed by atoms with E-state index in [2.05, 4.69) is 25.8 Å². The summed E-state index contributed by atoms with van der Waals surface area (Å²) in [5, 5.41) is 3.30. The van der Waals surface area contributed by atoms with Crippen LogP contribution in [0.5, 0.6) is 0 Å². The lowest BCUT2D eigenvalue weighted by atomic mass is 10.1. The van der Waals surface area contributed by atoms with Gasteiger partial charge in [0.15, 0.2) is 0 Å². The Morgan fingerprint density at radius 1 is 1.50 bits per heavy atom. The van der Waals surface area contributed by atoms with Gasteiger partial charge in [-0.25, -0.2) is 0 Å². The standard InChI is InChI=1S/C7H19N2P/c1-6(2)7(8)4-9-5-10-3/h6-7,9-10H,4-5,8H2,1-3H3. The first kappa shape index (κ1) is 10.3. The first-order chi connectivity index (χ1) is 4.68. The van der Waals surface area contributed by atoms with E-state index < -0.39 is 0 Å². The number of hydrogen-bond acceptors (Lipinski definition) is 2. The first-order valence-electron chi connectivity index (χ1n) is 3.79. The summed E-state index contributed by atoms with van der Waals surface area (Å²) in [6.45, 7) is 7.45. The maximum atomic E-state index is 5.80.